The molecule has 5 rings (SSSR count). The summed E-state index contributed by atoms with van der Waals surface area (Å²) in [6.07, 6.45) is 3.61. The summed E-state index contributed by atoms with van der Waals surface area (Å²) < 4.78 is 2.16. The lowest BCUT2D eigenvalue weighted by Gasteiger charge is -2.09. The van der Waals surface area contributed by atoms with Crippen LogP contribution in [0.1, 0.15) is 5.56 Å². The lowest BCUT2D eigenvalue weighted by atomic mass is 10.0. The van der Waals surface area contributed by atoms with E-state index < -0.39 is 0 Å². The van der Waals surface area contributed by atoms with Crippen molar-refractivity contribution in [2.24, 2.45) is 4.99 Å². The Kier molecular flexibility index (Phi) is 7.90. The van der Waals surface area contributed by atoms with Gasteiger partial charge in [0.1, 0.15) is 0 Å². The number of hydrogen-bond acceptors (Lipinski definition) is 4. The van der Waals surface area contributed by atoms with E-state index in [9.17, 15) is 0 Å². The van der Waals surface area contributed by atoms with Crippen molar-refractivity contribution in [2.45, 2.75) is 6.54 Å². The quantitative estimate of drug-likeness (QED) is 0.257. The summed E-state index contributed by atoms with van der Waals surface area (Å²) in [5.41, 5.74) is 3.25. The fourth-order valence-corrected chi connectivity index (χ4v) is 4.19. The summed E-state index contributed by atoms with van der Waals surface area (Å²) in [4.78, 5) is 14.6. The van der Waals surface area contributed by atoms with E-state index in [1.165, 1.54) is 10.8 Å². The zero-order valence-electron chi connectivity index (χ0n) is 16.5. The van der Waals surface area contributed by atoms with Gasteiger partial charge in [0.15, 0.2) is 5.82 Å². The van der Waals surface area contributed by atoms with Crippen molar-refractivity contribution in [2.75, 3.05) is 0 Å². The van der Waals surface area contributed by atoms with Gasteiger partial charge < -0.3 is 0 Å². The largest absolute Gasteiger partial charge is 0.264 e. The van der Waals surface area contributed by atoms with Gasteiger partial charge in [0.05, 0.1) is 12.2 Å². The van der Waals surface area contributed by atoms with E-state index in [2.05, 4.69) is 63.5 Å². The molecule has 3 aromatic carbocycles. The second kappa shape index (κ2) is 10.6. The molecule has 0 aliphatic heterocycles. The van der Waals surface area contributed by atoms with E-state index in [1.807, 2.05) is 36.5 Å². The second-order valence-electron chi connectivity index (χ2n) is 6.64. The number of para-hydroxylation sites is 1. The molecule has 4 nitrogen and oxygen atoms in total. The third kappa shape index (κ3) is 5.01. The summed E-state index contributed by atoms with van der Waals surface area (Å²) in [6, 6.07) is 29.0. The number of fused-ring (bicyclic) bond motifs is 1. The lowest BCUT2D eigenvalue weighted by Crippen LogP contribution is -1.99. The molecule has 0 saturated carbocycles. The van der Waals surface area contributed by atoms with Gasteiger partial charge in [-0.1, -0.05) is 66.7 Å². The van der Waals surface area contributed by atoms with Crippen molar-refractivity contribution in [3.8, 4) is 17.1 Å². The van der Waals surface area contributed by atoms with Gasteiger partial charge in [-0.15, -0.1) is 34.0 Å². The van der Waals surface area contributed by atoms with Gasteiger partial charge in [-0.05, 0) is 46.1 Å². The smallest absolute Gasteiger partial charge is 0.223 e. The van der Waals surface area contributed by atoms with Crippen LogP contribution in [0.25, 0.3) is 27.8 Å². The van der Waals surface area contributed by atoms with Crippen LogP contribution in [0.3, 0.4) is 0 Å². The van der Waals surface area contributed by atoms with Crippen molar-refractivity contribution in [3.05, 3.63) is 108 Å². The molecule has 0 atom stereocenters. The number of halogens is 2. The zero-order valence-corrected chi connectivity index (χ0v) is 20.7. The Hall–Kier alpha value is -2.61. The molecule has 156 valence electrons. The summed E-state index contributed by atoms with van der Waals surface area (Å²) in [5.74, 6) is 0.905. The highest BCUT2D eigenvalue weighted by molar-refractivity contribution is 8.93. The monoisotopic (exact) mass is 554 g/mol. The molecule has 0 fully saturated rings. The highest BCUT2D eigenvalue weighted by atomic mass is 79.9. The van der Waals surface area contributed by atoms with Crippen LogP contribution in [0.4, 0.5) is 0 Å². The molecular formula is C24H20Br2N4S. The van der Waals surface area contributed by atoms with Crippen LogP contribution in [0, 0.1) is 0 Å². The van der Waals surface area contributed by atoms with E-state index >= 15 is 0 Å². The number of nitrogens with zero attached hydrogens (tertiary/aromatic N) is 4. The molecule has 31 heavy (non-hydrogen) atoms. The van der Waals surface area contributed by atoms with Crippen LogP contribution in [-0.2, 0) is 6.54 Å². The Morgan fingerprint density at radius 2 is 1.58 bits per heavy atom. The van der Waals surface area contributed by atoms with Crippen LogP contribution < -0.4 is 4.80 Å². The van der Waals surface area contributed by atoms with Crippen molar-refractivity contribution < 1.29 is 0 Å². The molecule has 2 heterocycles. The molecule has 0 bridgehead atoms. The molecule has 2 aromatic heterocycles. The summed E-state index contributed by atoms with van der Waals surface area (Å²) in [7, 11) is 0. The topological polar surface area (TPSA) is 43.1 Å². The van der Waals surface area contributed by atoms with E-state index in [-0.39, 0.29) is 34.0 Å². The van der Waals surface area contributed by atoms with Gasteiger partial charge in [0, 0.05) is 18.0 Å². The van der Waals surface area contributed by atoms with E-state index in [0.717, 1.165) is 27.4 Å². The minimum absolute atomic E-state index is 0. The van der Waals surface area contributed by atoms with Gasteiger partial charge in [-0.25, -0.2) is 3.96 Å². The first-order chi connectivity index (χ1) is 14.4. The first-order valence-corrected chi connectivity index (χ1v) is 10.2. The van der Waals surface area contributed by atoms with Gasteiger partial charge in [0.2, 0.25) is 4.80 Å². The molecule has 0 aliphatic carbocycles. The lowest BCUT2D eigenvalue weighted by molar-refractivity contribution is 0.980. The maximum atomic E-state index is 4.92. The van der Waals surface area contributed by atoms with Gasteiger partial charge in [0.25, 0.3) is 0 Å². The molecule has 7 heteroatoms. The molecule has 0 unspecified atom stereocenters. The molecular weight excluding hydrogens is 536 g/mol. The maximum absolute atomic E-state index is 4.92. The SMILES string of the molecule is Br.Br.c1ccc(-n2sc(=NCc3cccnc3)nc2-c2cccc3ccccc23)cc1. The molecule has 0 aliphatic rings. The number of pyridine rings is 1. The summed E-state index contributed by atoms with van der Waals surface area (Å²) >= 11 is 1.55. The Morgan fingerprint density at radius 1 is 0.806 bits per heavy atom. The first kappa shape index (κ1) is 23.1. The fraction of sp³-hybridized carbons (Fsp3) is 0.0417. The predicted octanol–water partition coefficient (Wildman–Crippen LogP) is 6.41. The minimum atomic E-state index is 0. The summed E-state index contributed by atoms with van der Waals surface area (Å²) in [5, 5.41) is 2.38. The minimum Gasteiger partial charge on any atom is -0.264 e. The van der Waals surface area contributed by atoms with Crippen molar-refractivity contribution in [1.29, 1.82) is 0 Å². The van der Waals surface area contributed by atoms with Gasteiger partial charge >= 0.3 is 0 Å². The first-order valence-electron chi connectivity index (χ1n) is 9.42. The van der Waals surface area contributed by atoms with Crippen molar-refractivity contribution >= 4 is 56.3 Å². The zero-order chi connectivity index (χ0) is 19.5. The Labute approximate surface area is 205 Å². The number of hydrogen-bond donors (Lipinski definition) is 0. The summed E-state index contributed by atoms with van der Waals surface area (Å²) in [6.45, 7) is 0.561. The van der Waals surface area contributed by atoms with Gasteiger partial charge in [-0.3, -0.25) is 9.98 Å². The molecule has 5 aromatic rings. The Bertz CT molecular complexity index is 1330. The normalized spacial score (nSPS) is 11.0. The average molecular weight is 556 g/mol. The van der Waals surface area contributed by atoms with Crippen molar-refractivity contribution in [3.63, 3.8) is 0 Å². The average Bonchev–Trinajstić information content (AvgIpc) is 3.23. The molecule has 0 spiro atoms. The second-order valence-corrected chi connectivity index (χ2v) is 7.56. The van der Waals surface area contributed by atoms with Crippen molar-refractivity contribution in [1.82, 2.24) is 13.9 Å². The van der Waals surface area contributed by atoms with E-state index in [1.54, 1.807) is 17.7 Å². The molecule has 0 amide bonds. The molecule has 0 saturated heterocycles. The number of benzene rings is 3. The molecule has 0 N–H and O–H groups in total. The van der Waals surface area contributed by atoms with Crippen LogP contribution >= 0.6 is 45.5 Å². The van der Waals surface area contributed by atoms with Crippen LogP contribution in [0.15, 0.2) is 102 Å². The maximum Gasteiger partial charge on any atom is 0.223 e. The standard InChI is InChI=1S/C24H18N4S.2BrH/c1-2-11-20(12-3-1)28-23(22-14-6-10-19-9-4-5-13-21(19)22)27-24(29-28)26-17-18-8-7-15-25-16-18;;/h1-16H,17H2;2*1H. The molecule has 0 radical (unpaired) electrons. The third-order valence-corrected chi connectivity index (χ3v) is 5.66. The Balaban J connectivity index is 0.00000136. The van der Waals surface area contributed by atoms with Crippen LogP contribution in [0.2, 0.25) is 0 Å². The Morgan fingerprint density at radius 3 is 2.39 bits per heavy atom. The number of aromatic nitrogens is 3. The van der Waals surface area contributed by atoms with E-state index in [0.29, 0.717) is 6.54 Å². The predicted molar refractivity (Wildman–Crippen MR) is 139 cm³/mol. The third-order valence-electron chi connectivity index (χ3n) is 4.71. The van der Waals surface area contributed by atoms with E-state index in [4.69, 9.17) is 9.98 Å². The van der Waals surface area contributed by atoms with Gasteiger partial charge in [-0.2, -0.15) is 4.98 Å². The highest BCUT2D eigenvalue weighted by Gasteiger charge is 2.13. The fourth-order valence-electron chi connectivity index (χ4n) is 3.32. The highest BCUT2D eigenvalue weighted by Crippen LogP contribution is 2.29. The number of rotatable bonds is 4. The van der Waals surface area contributed by atoms with Crippen LogP contribution in [0.5, 0.6) is 0 Å². The van der Waals surface area contributed by atoms with Crippen LogP contribution in [-0.4, -0.2) is 13.9 Å².